The second-order valence-electron chi connectivity index (χ2n) is 3.54. The van der Waals surface area contributed by atoms with Crippen molar-refractivity contribution in [2.75, 3.05) is 27.2 Å². The molecule has 1 heterocycles. The minimum absolute atomic E-state index is 0.167. The van der Waals surface area contributed by atoms with E-state index in [1.807, 2.05) is 19.0 Å². The second-order valence-corrected chi connectivity index (χ2v) is 6.22. The molecule has 1 rings (SSSR count). The van der Waals surface area contributed by atoms with E-state index in [9.17, 15) is 8.42 Å². The van der Waals surface area contributed by atoms with Crippen LogP contribution in [-0.4, -0.2) is 45.5 Å². The van der Waals surface area contributed by atoms with E-state index in [0.29, 0.717) is 17.6 Å². The van der Waals surface area contributed by atoms with Crippen molar-refractivity contribution in [3.05, 3.63) is 22.9 Å². The van der Waals surface area contributed by atoms with Gasteiger partial charge in [-0.05, 0) is 36.1 Å². The Bertz CT molecular complexity index is 448. The van der Waals surface area contributed by atoms with Crippen LogP contribution in [0.4, 0.5) is 0 Å². The molecule has 0 fully saturated rings. The zero-order valence-corrected chi connectivity index (χ0v) is 11.5. The van der Waals surface area contributed by atoms with Gasteiger partial charge in [-0.15, -0.1) is 0 Å². The molecule has 16 heavy (non-hydrogen) atoms. The molecule has 0 aromatic carbocycles. The summed E-state index contributed by atoms with van der Waals surface area (Å²) in [5, 5.41) is 0. The van der Waals surface area contributed by atoms with E-state index < -0.39 is 10.0 Å². The molecule has 0 atom stereocenters. The molecule has 1 aromatic heterocycles. The van der Waals surface area contributed by atoms with Crippen LogP contribution in [0.1, 0.15) is 0 Å². The minimum Gasteiger partial charge on any atom is -0.308 e. The summed E-state index contributed by atoms with van der Waals surface area (Å²) in [5.41, 5.74) is 0. The van der Waals surface area contributed by atoms with E-state index in [1.54, 1.807) is 6.20 Å². The van der Waals surface area contributed by atoms with Gasteiger partial charge in [0.25, 0.3) is 0 Å². The molecule has 1 N–H and O–H groups in total. The predicted octanol–water partition coefficient (Wildman–Crippen LogP) is 0.684. The summed E-state index contributed by atoms with van der Waals surface area (Å²) in [7, 11) is 0.320. The van der Waals surface area contributed by atoms with Gasteiger partial charge in [0.2, 0.25) is 10.0 Å². The van der Waals surface area contributed by atoms with Crippen LogP contribution in [0, 0.1) is 0 Å². The number of halogens is 1. The summed E-state index contributed by atoms with van der Waals surface area (Å²) >= 11 is 3.18. The van der Waals surface area contributed by atoms with E-state index in [2.05, 4.69) is 25.6 Å². The highest BCUT2D eigenvalue weighted by molar-refractivity contribution is 9.10. The van der Waals surface area contributed by atoms with E-state index in [0.717, 1.165) is 0 Å². The van der Waals surface area contributed by atoms with Gasteiger partial charge in [0.15, 0.2) is 0 Å². The Balaban J connectivity index is 2.71. The molecule has 5 nitrogen and oxygen atoms in total. The van der Waals surface area contributed by atoms with Gasteiger partial charge in [-0.1, -0.05) is 0 Å². The van der Waals surface area contributed by atoms with Crippen LogP contribution < -0.4 is 4.72 Å². The number of hydrogen-bond acceptors (Lipinski definition) is 4. The lowest BCUT2D eigenvalue weighted by atomic mass is 10.5. The molecule has 1 aromatic rings. The summed E-state index contributed by atoms with van der Waals surface area (Å²) < 4.78 is 26.7. The Morgan fingerprint density at radius 2 is 2.12 bits per heavy atom. The first-order valence-corrected chi connectivity index (χ1v) is 6.94. The first-order valence-electron chi connectivity index (χ1n) is 4.67. The normalized spacial score (nSPS) is 12.0. The highest BCUT2D eigenvalue weighted by atomic mass is 79.9. The third-order valence-corrected chi connectivity index (χ3v) is 3.70. The fraction of sp³-hybridized carbons (Fsp3) is 0.444. The van der Waals surface area contributed by atoms with Gasteiger partial charge in [-0.3, -0.25) is 4.98 Å². The standard InChI is InChI=1S/C9H14BrN3O2S/c1-13(2)4-3-12-16(14,15)9-5-8(10)6-11-7-9/h5-7,12H,3-4H2,1-2H3. The molecule has 0 unspecified atom stereocenters. The van der Waals surface area contributed by atoms with Crippen LogP contribution >= 0.6 is 15.9 Å². The van der Waals surface area contributed by atoms with Crippen molar-refractivity contribution in [3.63, 3.8) is 0 Å². The van der Waals surface area contributed by atoms with Crippen molar-refractivity contribution in [1.29, 1.82) is 0 Å². The Labute approximate surface area is 104 Å². The number of likely N-dealkylation sites (N-methyl/N-ethyl adjacent to an activating group) is 1. The SMILES string of the molecule is CN(C)CCNS(=O)(=O)c1cncc(Br)c1. The average molecular weight is 308 g/mol. The van der Waals surface area contributed by atoms with E-state index >= 15 is 0 Å². The highest BCUT2D eigenvalue weighted by Crippen LogP contribution is 2.13. The van der Waals surface area contributed by atoms with Gasteiger partial charge in [0, 0.05) is 30.0 Å². The zero-order valence-electron chi connectivity index (χ0n) is 9.14. The predicted molar refractivity (Wildman–Crippen MR) is 65.7 cm³/mol. The van der Waals surface area contributed by atoms with Gasteiger partial charge in [0.05, 0.1) is 0 Å². The lowest BCUT2D eigenvalue weighted by molar-refractivity contribution is 0.412. The number of pyridine rings is 1. The van der Waals surface area contributed by atoms with Gasteiger partial charge >= 0.3 is 0 Å². The van der Waals surface area contributed by atoms with Gasteiger partial charge in [-0.25, -0.2) is 13.1 Å². The van der Waals surface area contributed by atoms with Crippen molar-refractivity contribution < 1.29 is 8.42 Å². The first kappa shape index (κ1) is 13.6. The zero-order chi connectivity index (χ0) is 12.2. The lowest BCUT2D eigenvalue weighted by Crippen LogP contribution is -2.31. The molecule has 0 aliphatic rings. The molecule has 0 spiro atoms. The molecule has 0 aliphatic carbocycles. The second kappa shape index (κ2) is 5.72. The molecule has 0 bridgehead atoms. The number of hydrogen-bond donors (Lipinski definition) is 1. The maximum atomic E-state index is 11.8. The summed E-state index contributed by atoms with van der Waals surface area (Å²) in [6.45, 7) is 1.03. The van der Waals surface area contributed by atoms with Crippen molar-refractivity contribution in [3.8, 4) is 0 Å². The maximum absolute atomic E-state index is 11.8. The Hall–Kier alpha value is -0.500. The topological polar surface area (TPSA) is 62.3 Å². The Morgan fingerprint density at radius 3 is 2.69 bits per heavy atom. The number of nitrogens with one attached hydrogen (secondary N) is 1. The Morgan fingerprint density at radius 1 is 1.44 bits per heavy atom. The van der Waals surface area contributed by atoms with Crippen LogP contribution in [0.15, 0.2) is 27.8 Å². The fourth-order valence-corrected chi connectivity index (χ4v) is 2.55. The minimum atomic E-state index is -3.45. The van der Waals surface area contributed by atoms with Gasteiger partial charge < -0.3 is 4.90 Å². The van der Waals surface area contributed by atoms with Crippen molar-refractivity contribution in [1.82, 2.24) is 14.6 Å². The molecular weight excluding hydrogens is 294 g/mol. The average Bonchev–Trinajstić information content (AvgIpc) is 2.16. The maximum Gasteiger partial charge on any atom is 0.242 e. The lowest BCUT2D eigenvalue weighted by Gasteiger charge is -2.10. The molecule has 0 amide bonds. The molecule has 7 heteroatoms. The monoisotopic (exact) mass is 307 g/mol. The molecule has 0 saturated carbocycles. The fourth-order valence-electron chi connectivity index (χ4n) is 1.03. The van der Waals surface area contributed by atoms with E-state index in [-0.39, 0.29) is 4.90 Å². The summed E-state index contributed by atoms with van der Waals surface area (Å²) in [5.74, 6) is 0. The Kier molecular flexibility index (Phi) is 4.85. The van der Waals surface area contributed by atoms with Crippen molar-refractivity contribution in [2.24, 2.45) is 0 Å². The smallest absolute Gasteiger partial charge is 0.242 e. The molecule has 0 radical (unpaired) electrons. The van der Waals surface area contributed by atoms with Crippen molar-refractivity contribution >= 4 is 26.0 Å². The third kappa shape index (κ3) is 4.17. The van der Waals surface area contributed by atoms with E-state index in [4.69, 9.17) is 0 Å². The third-order valence-electron chi connectivity index (χ3n) is 1.84. The largest absolute Gasteiger partial charge is 0.308 e. The quantitative estimate of drug-likeness (QED) is 0.869. The number of nitrogens with zero attached hydrogens (tertiary/aromatic N) is 2. The molecule has 0 aliphatic heterocycles. The molecular formula is C9H14BrN3O2S. The van der Waals surface area contributed by atoms with Crippen molar-refractivity contribution in [2.45, 2.75) is 4.90 Å². The summed E-state index contributed by atoms with van der Waals surface area (Å²) in [4.78, 5) is 5.89. The highest BCUT2D eigenvalue weighted by Gasteiger charge is 2.13. The van der Waals surface area contributed by atoms with Crippen LogP contribution in [0.5, 0.6) is 0 Å². The first-order chi connectivity index (χ1) is 7.42. The molecule has 90 valence electrons. The van der Waals surface area contributed by atoms with E-state index in [1.165, 1.54) is 12.3 Å². The van der Waals surface area contributed by atoms with Crippen LogP contribution in [0.25, 0.3) is 0 Å². The van der Waals surface area contributed by atoms with Gasteiger partial charge in [-0.2, -0.15) is 0 Å². The van der Waals surface area contributed by atoms with Gasteiger partial charge in [0.1, 0.15) is 4.90 Å². The number of aromatic nitrogens is 1. The number of sulfonamides is 1. The van der Waals surface area contributed by atoms with Crippen LogP contribution in [0.3, 0.4) is 0 Å². The summed E-state index contributed by atoms with van der Waals surface area (Å²) in [6.07, 6.45) is 2.86. The van der Waals surface area contributed by atoms with Crippen LogP contribution in [0.2, 0.25) is 0 Å². The van der Waals surface area contributed by atoms with Crippen LogP contribution in [-0.2, 0) is 10.0 Å². The number of rotatable bonds is 5. The summed E-state index contributed by atoms with van der Waals surface area (Å²) in [6, 6.07) is 1.52. The molecule has 0 saturated heterocycles.